The summed E-state index contributed by atoms with van der Waals surface area (Å²) in [6.45, 7) is 6.85. The van der Waals surface area contributed by atoms with Gasteiger partial charge in [-0.2, -0.15) is 0 Å². The third kappa shape index (κ3) is 6.35. The van der Waals surface area contributed by atoms with Crippen molar-refractivity contribution in [2.75, 3.05) is 31.6 Å². The number of fused-ring (bicyclic) bond motifs is 1. The second-order valence-electron chi connectivity index (χ2n) is 11.5. The Morgan fingerprint density at radius 2 is 2.16 bits per heavy atom. The molecule has 0 bridgehead atoms. The van der Waals surface area contributed by atoms with Crippen molar-refractivity contribution in [3.63, 3.8) is 0 Å². The normalized spacial score (nSPS) is 23.7. The first-order valence-corrected chi connectivity index (χ1v) is 14.1. The van der Waals surface area contributed by atoms with E-state index in [0.29, 0.717) is 25.3 Å². The molecule has 1 aromatic carbocycles. The third-order valence-electron chi connectivity index (χ3n) is 8.05. The summed E-state index contributed by atoms with van der Waals surface area (Å²) in [5, 5.41) is 13.6. The molecular formula is C30H40FN3O4. The van der Waals surface area contributed by atoms with Crippen molar-refractivity contribution < 1.29 is 23.8 Å². The molecule has 38 heavy (non-hydrogen) atoms. The van der Waals surface area contributed by atoms with Crippen LogP contribution in [-0.4, -0.2) is 58.9 Å². The number of benzene rings is 1. The summed E-state index contributed by atoms with van der Waals surface area (Å²) in [6, 6.07) is 7.80. The van der Waals surface area contributed by atoms with Crippen LogP contribution in [0.5, 0.6) is 0 Å². The summed E-state index contributed by atoms with van der Waals surface area (Å²) < 4.78 is 26.7. The summed E-state index contributed by atoms with van der Waals surface area (Å²) in [7, 11) is 0. The highest BCUT2D eigenvalue weighted by Gasteiger charge is 2.39. The highest BCUT2D eigenvalue weighted by Crippen LogP contribution is 2.42. The van der Waals surface area contributed by atoms with Crippen molar-refractivity contribution in [1.29, 1.82) is 0 Å². The van der Waals surface area contributed by atoms with Crippen LogP contribution >= 0.6 is 0 Å². The maximum Gasteiger partial charge on any atom is 0.325 e. The number of aryl methyl sites for hydroxylation is 2. The number of anilines is 1. The number of rotatable bonds is 10. The topological polar surface area (TPSA) is 83.9 Å². The molecule has 3 aliphatic rings. The first kappa shape index (κ1) is 27.0. The smallest absolute Gasteiger partial charge is 0.325 e. The van der Waals surface area contributed by atoms with E-state index in [-0.39, 0.29) is 17.8 Å². The van der Waals surface area contributed by atoms with E-state index in [4.69, 9.17) is 14.5 Å². The molecule has 2 fully saturated rings. The zero-order valence-corrected chi connectivity index (χ0v) is 22.5. The van der Waals surface area contributed by atoms with Gasteiger partial charge in [0, 0.05) is 31.9 Å². The van der Waals surface area contributed by atoms with Crippen molar-refractivity contribution in [2.45, 2.75) is 89.1 Å². The van der Waals surface area contributed by atoms with Crippen LogP contribution in [0.2, 0.25) is 0 Å². The molecule has 4 heterocycles. The van der Waals surface area contributed by atoms with E-state index in [9.17, 15) is 14.3 Å². The molecule has 3 atom stereocenters. The van der Waals surface area contributed by atoms with Crippen LogP contribution in [-0.2, 0) is 27.1 Å². The molecule has 206 valence electrons. The van der Waals surface area contributed by atoms with Gasteiger partial charge >= 0.3 is 5.97 Å². The van der Waals surface area contributed by atoms with Gasteiger partial charge in [-0.3, -0.25) is 14.7 Å². The number of carboxylic acid groups (broad SMARTS) is 1. The van der Waals surface area contributed by atoms with E-state index in [1.165, 1.54) is 23.5 Å². The van der Waals surface area contributed by atoms with Crippen LogP contribution < -0.4 is 5.32 Å². The lowest BCUT2D eigenvalue weighted by molar-refractivity contribution is -0.143. The lowest BCUT2D eigenvalue weighted by Gasteiger charge is -2.28. The molecule has 5 rings (SSSR count). The second kappa shape index (κ2) is 11.7. The van der Waals surface area contributed by atoms with Crippen molar-refractivity contribution >= 4 is 11.7 Å². The number of hydrogen-bond acceptors (Lipinski definition) is 6. The van der Waals surface area contributed by atoms with E-state index < -0.39 is 17.8 Å². The summed E-state index contributed by atoms with van der Waals surface area (Å²) >= 11 is 0. The monoisotopic (exact) mass is 525 g/mol. The number of pyridine rings is 1. The Bertz CT molecular complexity index is 1140. The quantitative estimate of drug-likeness (QED) is 0.399. The summed E-state index contributed by atoms with van der Waals surface area (Å²) in [5.41, 5.74) is 4.47. The Morgan fingerprint density at radius 1 is 1.29 bits per heavy atom. The minimum absolute atomic E-state index is 0.0246. The van der Waals surface area contributed by atoms with E-state index in [1.807, 2.05) is 18.7 Å². The maximum absolute atomic E-state index is 14.3. The molecule has 0 saturated carbocycles. The lowest BCUT2D eigenvalue weighted by atomic mass is 9.93. The number of aromatic nitrogens is 1. The molecule has 2 N–H and O–H groups in total. The Morgan fingerprint density at radius 3 is 2.95 bits per heavy atom. The van der Waals surface area contributed by atoms with Crippen molar-refractivity contribution in [3.05, 3.63) is 58.7 Å². The number of likely N-dealkylation sites (tertiary alicyclic amines) is 1. The predicted molar refractivity (Wildman–Crippen MR) is 144 cm³/mol. The minimum atomic E-state index is -0.970. The van der Waals surface area contributed by atoms with Crippen molar-refractivity contribution in [1.82, 2.24) is 9.88 Å². The van der Waals surface area contributed by atoms with Gasteiger partial charge in [0.2, 0.25) is 0 Å². The van der Waals surface area contributed by atoms with Gasteiger partial charge in [0.25, 0.3) is 0 Å². The Hall–Kier alpha value is -2.55. The third-order valence-corrected chi connectivity index (χ3v) is 8.05. The highest BCUT2D eigenvalue weighted by molar-refractivity contribution is 5.76. The fourth-order valence-electron chi connectivity index (χ4n) is 6.06. The van der Waals surface area contributed by atoms with Gasteiger partial charge in [-0.25, -0.2) is 4.39 Å². The van der Waals surface area contributed by atoms with E-state index in [2.05, 4.69) is 17.4 Å². The molecule has 0 spiro atoms. The molecule has 8 heteroatoms. The minimum Gasteiger partial charge on any atom is -0.480 e. The van der Waals surface area contributed by atoms with E-state index >= 15 is 0 Å². The number of ether oxygens (including phenoxy) is 2. The summed E-state index contributed by atoms with van der Waals surface area (Å²) in [5.74, 6) is -1.40. The maximum atomic E-state index is 14.3. The van der Waals surface area contributed by atoms with Gasteiger partial charge < -0.3 is 19.9 Å². The fourth-order valence-corrected chi connectivity index (χ4v) is 6.06. The molecule has 0 aliphatic carbocycles. The largest absolute Gasteiger partial charge is 0.480 e. The van der Waals surface area contributed by atoms with E-state index in [1.54, 1.807) is 6.07 Å². The van der Waals surface area contributed by atoms with Gasteiger partial charge in [0.15, 0.2) is 0 Å². The second-order valence-corrected chi connectivity index (χ2v) is 11.5. The number of nitrogens with zero attached hydrogens (tertiary/aromatic N) is 2. The molecule has 0 amide bonds. The number of carboxylic acids is 1. The molecule has 3 aliphatic heterocycles. The first-order chi connectivity index (χ1) is 18.3. The Balaban J connectivity index is 1.14. The van der Waals surface area contributed by atoms with E-state index in [0.717, 1.165) is 69.2 Å². The number of nitrogens with one attached hydrogen (secondary N) is 1. The molecule has 7 nitrogen and oxygen atoms in total. The molecule has 2 aromatic rings. The van der Waals surface area contributed by atoms with Gasteiger partial charge in [-0.1, -0.05) is 6.07 Å². The first-order valence-electron chi connectivity index (χ1n) is 14.1. The van der Waals surface area contributed by atoms with Crippen LogP contribution in [0.1, 0.15) is 87.0 Å². The number of halogens is 1. The highest BCUT2D eigenvalue weighted by atomic mass is 19.1. The van der Waals surface area contributed by atoms with Gasteiger partial charge in [-0.15, -0.1) is 0 Å². The molecule has 2 unspecified atom stereocenters. The number of carbonyl (C=O) groups is 1. The number of unbranched alkanes of at least 4 members (excludes halogenated alkanes) is 1. The van der Waals surface area contributed by atoms with Crippen LogP contribution in [0, 0.1) is 5.82 Å². The zero-order chi connectivity index (χ0) is 26.7. The summed E-state index contributed by atoms with van der Waals surface area (Å²) in [4.78, 5) is 19.2. The zero-order valence-electron chi connectivity index (χ0n) is 22.5. The van der Waals surface area contributed by atoms with Crippen LogP contribution in [0.4, 0.5) is 10.1 Å². The van der Waals surface area contributed by atoms with Crippen LogP contribution in [0.3, 0.4) is 0 Å². The average molecular weight is 526 g/mol. The molecule has 0 radical (unpaired) electrons. The Kier molecular flexibility index (Phi) is 8.31. The molecule has 1 aromatic heterocycles. The van der Waals surface area contributed by atoms with Gasteiger partial charge in [0.1, 0.15) is 11.9 Å². The fraction of sp³-hybridized carbons (Fsp3) is 0.600. The predicted octanol–water partition coefficient (Wildman–Crippen LogP) is 5.45. The van der Waals surface area contributed by atoms with Crippen molar-refractivity contribution in [2.24, 2.45) is 0 Å². The average Bonchev–Trinajstić information content (AvgIpc) is 3.49. The standard InChI is InChI=1S/C30H40FN3O4/c1-30(2)14-12-27(38-30)23-10-8-20(31)18-24(23)28(29(35)36)34-16-13-22(19-34)37-17-4-3-6-21-9-11-25-26(33-21)7-5-15-32-25/h8-11,18,22,27-28,32H,3-7,12-17,19H2,1-2H3,(H,35,36)/t22-,27?,28?/m1/s1. The molecule has 2 saturated heterocycles. The van der Waals surface area contributed by atoms with Crippen molar-refractivity contribution in [3.8, 4) is 0 Å². The SMILES string of the molecule is CC1(C)CCC(c2ccc(F)cc2C(C(=O)O)N2CC[C@@H](OCCCCc3ccc4c(n3)CCCN4)C2)O1. The Labute approximate surface area is 224 Å². The molecular weight excluding hydrogens is 485 g/mol. The lowest BCUT2D eigenvalue weighted by Crippen LogP contribution is -2.34. The van der Waals surface area contributed by atoms with Crippen LogP contribution in [0.15, 0.2) is 30.3 Å². The summed E-state index contributed by atoms with van der Waals surface area (Å²) in [6.07, 6.45) is 7.21. The van der Waals surface area contributed by atoms with Crippen LogP contribution in [0.25, 0.3) is 0 Å². The van der Waals surface area contributed by atoms with Gasteiger partial charge in [0.05, 0.1) is 29.2 Å². The number of aliphatic carboxylic acids is 1. The van der Waals surface area contributed by atoms with Gasteiger partial charge in [-0.05, 0) is 101 Å². The number of hydrogen-bond donors (Lipinski definition) is 2.